The van der Waals surface area contributed by atoms with Gasteiger partial charge < -0.3 is 0 Å². The summed E-state index contributed by atoms with van der Waals surface area (Å²) in [6.45, 7) is 155. The van der Waals surface area contributed by atoms with Gasteiger partial charge in [0.05, 0.1) is 0 Å². The summed E-state index contributed by atoms with van der Waals surface area (Å²) < 4.78 is 0. The Morgan fingerprint density at radius 1 is 0.177 bits per heavy atom. The van der Waals surface area contributed by atoms with E-state index in [2.05, 4.69) is 409 Å². The molecule has 0 aromatic heterocycles. The van der Waals surface area contributed by atoms with Gasteiger partial charge in [0.1, 0.15) is 0 Å². The number of hydrogen-bond acceptors (Lipinski definition) is 0. The van der Waals surface area contributed by atoms with Gasteiger partial charge in [-0.3, -0.25) is 0 Å². The van der Waals surface area contributed by atoms with Crippen LogP contribution in [0.25, 0.3) is 0 Å². The molecule has 0 saturated heterocycles. The van der Waals surface area contributed by atoms with Crippen molar-refractivity contribution in [1.82, 2.24) is 0 Å². The molecule has 3 saturated carbocycles. The molecule has 0 bridgehead atoms. The van der Waals surface area contributed by atoms with E-state index in [9.17, 15) is 0 Å². The van der Waals surface area contributed by atoms with Crippen LogP contribution in [0.15, 0.2) is 0 Å². The van der Waals surface area contributed by atoms with Crippen molar-refractivity contribution in [1.29, 1.82) is 0 Å². The molecule has 0 aromatic carbocycles. The quantitative estimate of drug-likeness (QED) is 0.0569. The monoisotopic (exact) mass is 1820 g/mol. The SMILES string of the molecule is CCCC(C)C(C)C(C)C(C)C(C)C(C)C(C)C(C)C(C)C(C)C(C)C(C)C(C)C(C)C(C)C(C)C(C)C(C)C(C)C(C)C(C)C(C)C(C)C(C)C(C)C(C)C(C)C1CC1CCC(C)C(C)C(C)C(C)C(C)C(C)C(C)C(C)C(C)C(C)C(C)C(C)C(C)C(C)C(C)C(C)C(C)C(C)C(C)C(C)C(C)C(C)C(C)C(C)C(C)C(C)C(C)C1CC1CCC(C)C1CC1(C)C(C)C. The highest BCUT2D eigenvalue weighted by atomic mass is 14.6. The summed E-state index contributed by atoms with van der Waals surface area (Å²) in [5, 5.41) is 0. The Morgan fingerprint density at radius 2 is 0.315 bits per heavy atom. The van der Waals surface area contributed by atoms with Gasteiger partial charge in [-0.25, -0.2) is 0 Å². The first-order valence-corrected chi connectivity index (χ1v) is 59.6. The highest BCUT2D eigenvalue weighted by molar-refractivity contribution is 5.04. The van der Waals surface area contributed by atoms with E-state index in [4.69, 9.17) is 0 Å². The van der Waals surface area contributed by atoms with Crippen LogP contribution >= 0.6 is 0 Å². The predicted molar refractivity (Wildman–Crippen MR) is 592 cm³/mol. The molecule has 0 aromatic rings. The van der Waals surface area contributed by atoms with Gasteiger partial charge in [0, 0.05) is 0 Å². The zero-order valence-electron chi connectivity index (χ0n) is 101. The van der Waals surface area contributed by atoms with Crippen molar-refractivity contribution in [3.8, 4) is 0 Å². The highest BCUT2D eigenvalue weighted by Crippen LogP contribution is 2.63. The second-order valence-electron chi connectivity index (χ2n) is 56.3. The lowest BCUT2D eigenvalue weighted by atomic mass is 9.61. The van der Waals surface area contributed by atoms with Crippen LogP contribution < -0.4 is 0 Å². The Hall–Kier alpha value is 0. The van der Waals surface area contributed by atoms with Gasteiger partial charge in [-0.2, -0.15) is 0 Å². The zero-order chi connectivity index (χ0) is 101. The molecule has 0 aliphatic heterocycles. The topological polar surface area (TPSA) is 0 Å². The molecule has 0 heterocycles. The van der Waals surface area contributed by atoms with Crippen LogP contribution in [0.2, 0.25) is 0 Å². The maximum Gasteiger partial charge on any atom is -0.0269 e. The van der Waals surface area contributed by atoms with Crippen molar-refractivity contribution in [3.63, 3.8) is 0 Å². The van der Waals surface area contributed by atoms with Gasteiger partial charge >= 0.3 is 0 Å². The minimum absolute atomic E-state index is 0.616. The highest BCUT2D eigenvalue weighted by Gasteiger charge is 2.55. The summed E-state index contributed by atoms with van der Waals surface area (Å²) in [4.78, 5) is 0. The van der Waals surface area contributed by atoms with Crippen LogP contribution in [0.1, 0.15) is 466 Å². The van der Waals surface area contributed by atoms with Gasteiger partial charge in [0.15, 0.2) is 0 Å². The third-order valence-corrected chi connectivity index (χ3v) is 52.6. The van der Waals surface area contributed by atoms with Crippen LogP contribution in [-0.4, -0.2) is 0 Å². The largest absolute Gasteiger partial charge is 0.0654 e. The van der Waals surface area contributed by atoms with Gasteiger partial charge in [-0.1, -0.05) is 434 Å². The predicted octanol–water partition coefficient (Wildman–Crippen LogP) is 41.3. The summed E-state index contributed by atoms with van der Waals surface area (Å²) in [6, 6.07) is 0. The van der Waals surface area contributed by atoms with Crippen molar-refractivity contribution in [3.05, 3.63) is 0 Å². The first kappa shape index (κ1) is 124. The number of hydrogen-bond donors (Lipinski definition) is 0. The first-order chi connectivity index (χ1) is 59.6. The van der Waals surface area contributed by atoms with Crippen LogP contribution in [-0.2, 0) is 0 Å². The van der Waals surface area contributed by atoms with Crippen LogP contribution in [0, 0.1) is 366 Å². The first-order valence-electron chi connectivity index (χ1n) is 59.6. The minimum Gasteiger partial charge on any atom is -0.0654 e. The van der Waals surface area contributed by atoms with Crippen LogP contribution in [0.4, 0.5) is 0 Å². The Bertz CT molecular complexity index is 3020. The van der Waals surface area contributed by atoms with Gasteiger partial charge in [-0.05, 0) is 399 Å². The van der Waals surface area contributed by atoms with E-state index < -0.39 is 0 Å². The Morgan fingerprint density at radius 3 is 0.462 bits per heavy atom. The van der Waals surface area contributed by atoms with E-state index in [0.717, 1.165) is 166 Å². The molecule has 776 valence electrons. The van der Waals surface area contributed by atoms with E-state index in [1.807, 2.05) is 0 Å². The van der Waals surface area contributed by atoms with Gasteiger partial charge in [-0.15, -0.1) is 0 Å². The van der Waals surface area contributed by atoms with E-state index in [0.29, 0.717) is 201 Å². The van der Waals surface area contributed by atoms with Crippen molar-refractivity contribution in [2.75, 3.05) is 0 Å². The fourth-order valence-electron chi connectivity index (χ4n) is 31.4. The molecule has 0 heteroatoms. The maximum absolute atomic E-state index is 2.68. The summed E-state index contributed by atoms with van der Waals surface area (Å²) in [6.07, 6.45) is 12.9. The normalized spacial score (nSPS) is 31.2. The van der Waals surface area contributed by atoms with E-state index in [-0.39, 0.29) is 0 Å². The lowest BCUT2D eigenvalue weighted by Crippen LogP contribution is -2.38. The molecule has 0 spiro atoms. The molecule has 0 amide bonds. The van der Waals surface area contributed by atoms with Crippen molar-refractivity contribution in [2.45, 2.75) is 466 Å². The lowest BCUT2D eigenvalue weighted by Gasteiger charge is -2.45. The Labute approximate surface area is 827 Å². The summed E-state index contributed by atoms with van der Waals surface area (Å²) in [5.74, 6) is 45.6. The average molecular weight is 1820 g/mol. The second-order valence-corrected chi connectivity index (χ2v) is 56.3. The molecular weight excluding hydrogens is 1560 g/mol. The lowest BCUT2D eigenvalue weighted by molar-refractivity contribution is 0.0393. The third-order valence-electron chi connectivity index (χ3n) is 52.6. The summed E-state index contributed by atoms with van der Waals surface area (Å²) in [5.41, 5.74) is 0.616. The molecule has 0 N–H and O–H groups in total. The Kier molecular flexibility index (Phi) is 51.5. The van der Waals surface area contributed by atoms with Gasteiger partial charge in [0.25, 0.3) is 0 Å². The molecule has 3 rings (SSSR count). The fourth-order valence-corrected chi connectivity index (χ4v) is 31.4. The maximum atomic E-state index is 2.68. The third kappa shape index (κ3) is 30.5. The average Bonchev–Trinajstić information content (AvgIpc) is 1.59. The molecule has 61 atom stereocenters. The smallest absolute Gasteiger partial charge is 0.0269 e. The van der Waals surface area contributed by atoms with Crippen LogP contribution in [0.5, 0.6) is 0 Å². The molecule has 130 heavy (non-hydrogen) atoms. The van der Waals surface area contributed by atoms with E-state index >= 15 is 0 Å². The Balaban J connectivity index is 1.50. The fraction of sp³-hybridized carbons (Fsp3) is 1.00. The van der Waals surface area contributed by atoms with E-state index in [1.54, 1.807) is 0 Å². The number of rotatable bonds is 64. The zero-order valence-corrected chi connectivity index (χ0v) is 101. The van der Waals surface area contributed by atoms with E-state index in [1.165, 1.54) is 57.8 Å². The second kappa shape index (κ2) is 53.9. The standard InChI is InChI=1S/C130H256/c1-60-61-70(4)73(7)75(9)77(11)79(13)81(15)83(17)85(19)87(21)89(23)91(25)93(27)95(29)97(31)99(33)101(35)103(37)105(39)107(41)109(43)111(45)113(47)115(49)117(51)119(53)121(55)123(57)127-66-125(127)64-62-71(5)74(8)76(10)78(12)80(14)82(16)84(18)86(20)88(22)90(24)92(26)94(28)96(30)98(32)100(34)102(36)104(38)106(40)108(42)110(44)112(46)114(48)116(50)118(52)120(54)122(56)124(58)128-67-126(128)65-63-72(6)129-68-130(129,59)69(2)3/h69-129H,60-68H2,1-59H3. The molecule has 61 unspecified atom stereocenters. The van der Waals surface area contributed by atoms with Gasteiger partial charge in [0.2, 0.25) is 0 Å². The molecule has 3 aliphatic rings. The van der Waals surface area contributed by atoms with Crippen molar-refractivity contribution >= 4 is 0 Å². The molecule has 3 fully saturated rings. The molecular formula is C130H256. The molecule has 3 aliphatic carbocycles. The molecule has 0 nitrogen and oxygen atoms in total. The van der Waals surface area contributed by atoms with Crippen molar-refractivity contribution < 1.29 is 0 Å². The van der Waals surface area contributed by atoms with Crippen LogP contribution in [0.3, 0.4) is 0 Å². The van der Waals surface area contributed by atoms with Crippen molar-refractivity contribution in [2.24, 2.45) is 366 Å². The molecule has 0 radical (unpaired) electrons. The summed E-state index contributed by atoms with van der Waals surface area (Å²) in [7, 11) is 0. The minimum atomic E-state index is 0.616. The summed E-state index contributed by atoms with van der Waals surface area (Å²) >= 11 is 0.